The number of aromatic nitrogens is 5. The Balaban J connectivity index is 1.55. The van der Waals surface area contributed by atoms with Crippen LogP contribution in [0.4, 0.5) is 15.2 Å². The molecule has 146 valence electrons. The summed E-state index contributed by atoms with van der Waals surface area (Å²) in [5.41, 5.74) is 3.08. The zero-order valence-corrected chi connectivity index (χ0v) is 16.6. The second-order valence-electron chi connectivity index (χ2n) is 6.47. The average Bonchev–Trinajstić information content (AvgIpc) is 3.32. The van der Waals surface area contributed by atoms with Crippen molar-refractivity contribution < 1.29 is 9.18 Å². The van der Waals surface area contributed by atoms with E-state index in [0.29, 0.717) is 28.8 Å². The summed E-state index contributed by atoms with van der Waals surface area (Å²) >= 11 is 1.37. The largest absolute Gasteiger partial charge is 0.274 e. The Kier molecular flexibility index (Phi) is 5.13. The Morgan fingerprint density at radius 1 is 1.21 bits per heavy atom. The molecule has 4 rings (SSSR count). The van der Waals surface area contributed by atoms with Crippen LogP contribution in [0.3, 0.4) is 0 Å². The molecular formula is C20H17FN6OS. The van der Waals surface area contributed by atoms with Gasteiger partial charge in [-0.15, -0.1) is 21.5 Å². The molecule has 0 atom stereocenters. The van der Waals surface area contributed by atoms with Gasteiger partial charge in [0.15, 0.2) is 5.13 Å². The van der Waals surface area contributed by atoms with E-state index in [1.165, 1.54) is 35.2 Å². The number of anilines is 2. The molecule has 0 radical (unpaired) electrons. The SMILES string of the molecule is CC(=O)N(c1cccc(C)c1)c1nc(Cn2nnc(-c3cccc(F)c3)n2)cs1. The van der Waals surface area contributed by atoms with Crippen molar-refractivity contribution in [1.82, 2.24) is 25.2 Å². The molecule has 0 aliphatic rings. The lowest BCUT2D eigenvalue weighted by molar-refractivity contribution is -0.115. The van der Waals surface area contributed by atoms with E-state index in [1.807, 2.05) is 36.6 Å². The highest BCUT2D eigenvalue weighted by atomic mass is 32.1. The minimum absolute atomic E-state index is 0.122. The Bertz CT molecular complexity index is 1170. The number of carbonyl (C=O) groups is 1. The fraction of sp³-hybridized carbons (Fsp3) is 0.150. The van der Waals surface area contributed by atoms with E-state index in [1.54, 1.807) is 17.0 Å². The lowest BCUT2D eigenvalue weighted by Crippen LogP contribution is -2.22. The predicted molar refractivity (Wildman–Crippen MR) is 108 cm³/mol. The number of thiazole rings is 1. The quantitative estimate of drug-likeness (QED) is 0.499. The average molecular weight is 408 g/mol. The van der Waals surface area contributed by atoms with Gasteiger partial charge in [0.2, 0.25) is 11.7 Å². The molecule has 0 bridgehead atoms. The first-order chi connectivity index (χ1) is 14.0. The topological polar surface area (TPSA) is 76.8 Å². The van der Waals surface area contributed by atoms with Crippen molar-refractivity contribution in [2.45, 2.75) is 20.4 Å². The van der Waals surface area contributed by atoms with E-state index < -0.39 is 0 Å². The molecule has 0 saturated carbocycles. The third kappa shape index (κ3) is 4.19. The normalized spacial score (nSPS) is 10.9. The van der Waals surface area contributed by atoms with Gasteiger partial charge in [-0.3, -0.25) is 9.69 Å². The Morgan fingerprint density at radius 3 is 2.79 bits per heavy atom. The first-order valence-electron chi connectivity index (χ1n) is 8.85. The molecule has 0 aliphatic heterocycles. The van der Waals surface area contributed by atoms with Crippen LogP contribution < -0.4 is 4.90 Å². The first-order valence-corrected chi connectivity index (χ1v) is 9.73. The van der Waals surface area contributed by atoms with E-state index in [-0.39, 0.29) is 11.7 Å². The summed E-state index contributed by atoms with van der Waals surface area (Å²) in [4.78, 5) is 19.8. The minimum atomic E-state index is -0.358. The number of carbonyl (C=O) groups excluding carboxylic acids is 1. The van der Waals surface area contributed by atoms with Gasteiger partial charge in [-0.2, -0.15) is 4.80 Å². The molecule has 0 N–H and O–H groups in total. The number of halogens is 1. The van der Waals surface area contributed by atoms with Gasteiger partial charge in [0.05, 0.1) is 11.4 Å². The molecule has 2 heterocycles. The van der Waals surface area contributed by atoms with Gasteiger partial charge in [-0.1, -0.05) is 24.3 Å². The van der Waals surface area contributed by atoms with Crippen LogP contribution in [0.25, 0.3) is 11.4 Å². The van der Waals surface area contributed by atoms with Crippen molar-refractivity contribution in [1.29, 1.82) is 0 Å². The van der Waals surface area contributed by atoms with E-state index in [2.05, 4.69) is 20.4 Å². The summed E-state index contributed by atoms with van der Waals surface area (Å²) < 4.78 is 13.4. The molecule has 0 unspecified atom stereocenters. The summed E-state index contributed by atoms with van der Waals surface area (Å²) in [7, 11) is 0. The Hall–Kier alpha value is -3.46. The van der Waals surface area contributed by atoms with Crippen LogP contribution in [-0.2, 0) is 11.3 Å². The number of amides is 1. The summed E-state index contributed by atoms with van der Waals surface area (Å²) in [5.74, 6) is -0.141. The maximum atomic E-state index is 13.4. The van der Waals surface area contributed by atoms with Gasteiger partial charge >= 0.3 is 0 Å². The second kappa shape index (κ2) is 7.88. The van der Waals surface area contributed by atoms with Crippen LogP contribution in [0.2, 0.25) is 0 Å². The third-order valence-electron chi connectivity index (χ3n) is 4.14. The zero-order valence-electron chi connectivity index (χ0n) is 15.8. The minimum Gasteiger partial charge on any atom is -0.274 e. The van der Waals surface area contributed by atoms with Gasteiger partial charge in [-0.25, -0.2) is 9.37 Å². The number of tetrazole rings is 1. The number of benzene rings is 2. The van der Waals surface area contributed by atoms with Crippen LogP contribution in [-0.4, -0.2) is 31.1 Å². The highest BCUT2D eigenvalue weighted by Gasteiger charge is 2.18. The maximum Gasteiger partial charge on any atom is 0.230 e. The second-order valence-corrected chi connectivity index (χ2v) is 7.31. The summed E-state index contributed by atoms with van der Waals surface area (Å²) in [6.45, 7) is 3.77. The van der Waals surface area contributed by atoms with Crippen molar-refractivity contribution in [2.75, 3.05) is 4.90 Å². The number of hydrogen-bond acceptors (Lipinski definition) is 6. The van der Waals surface area contributed by atoms with Crippen LogP contribution in [0.1, 0.15) is 18.2 Å². The highest BCUT2D eigenvalue weighted by Crippen LogP contribution is 2.29. The van der Waals surface area contributed by atoms with Gasteiger partial charge in [0, 0.05) is 17.9 Å². The molecule has 4 aromatic rings. The highest BCUT2D eigenvalue weighted by molar-refractivity contribution is 7.14. The van der Waals surface area contributed by atoms with Crippen molar-refractivity contribution in [3.8, 4) is 11.4 Å². The lowest BCUT2D eigenvalue weighted by Gasteiger charge is -2.18. The van der Waals surface area contributed by atoms with Crippen LogP contribution in [0, 0.1) is 12.7 Å². The first kappa shape index (κ1) is 18.9. The van der Waals surface area contributed by atoms with Crippen molar-refractivity contribution >= 4 is 28.1 Å². The molecule has 0 aliphatic carbocycles. The monoisotopic (exact) mass is 408 g/mol. The van der Waals surface area contributed by atoms with Crippen LogP contribution >= 0.6 is 11.3 Å². The fourth-order valence-electron chi connectivity index (χ4n) is 2.86. The third-order valence-corrected chi connectivity index (χ3v) is 5.02. The standard InChI is InChI=1S/C20H17FN6OS/c1-13-5-3-8-18(9-13)27(14(2)28)20-22-17(12-29-20)11-26-24-19(23-25-26)15-6-4-7-16(21)10-15/h3-10,12H,11H2,1-2H3. The van der Waals surface area contributed by atoms with E-state index in [9.17, 15) is 9.18 Å². The van der Waals surface area contributed by atoms with Gasteiger partial charge < -0.3 is 0 Å². The molecule has 2 aromatic heterocycles. The lowest BCUT2D eigenvalue weighted by atomic mass is 10.2. The molecule has 0 saturated heterocycles. The van der Waals surface area contributed by atoms with Gasteiger partial charge in [0.1, 0.15) is 12.4 Å². The molecule has 9 heteroatoms. The predicted octanol–water partition coefficient (Wildman–Crippen LogP) is 3.98. The molecule has 0 spiro atoms. The molecular weight excluding hydrogens is 391 g/mol. The van der Waals surface area contributed by atoms with Gasteiger partial charge in [-0.05, 0) is 42.0 Å². The Labute approximate surface area is 170 Å². The fourth-order valence-corrected chi connectivity index (χ4v) is 3.74. The maximum absolute atomic E-state index is 13.4. The number of nitrogens with zero attached hydrogens (tertiary/aromatic N) is 6. The van der Waals surface area contributed by atoms with Crippen molar-refractivity contribution in [3.63, 3.8) is 0 Å². The molecule has 0 fully saturated rings. The number of hydrogen-bond donors (Lipinski definition) is 0. The van der Waals surface area contributed by atoms with Crippen LogP contribution in [0.15, 0.2) is 53.9 Å². The van der Waals surface area contributed by atoms with E-state index >= 15 is 0 Å². The van der Waals surface area contributed by atoms with E-state index in [4.69, 9.17) is 0 Å². The molecule has 7 nitrogen and oxygen atoms in total. The van der Waals surface area contributed by atoms with Crippen molar-refractivity contribution in [2.24, 2.45) is 0 Å². The Morgan fingerprint density at radius 2 is 2.03 bits per heavy atom. The molecule has 29 heavy (non-hydrogen) atoms. The molecule has 1 amide bonds. The zero-order chi connectivity index (χ0) is 20.4. The smallest absolute Gasteiger partial charge is 0.230 e. The van der Waals surface area contributed by atoms with E-state index in [0.717, 1.165) is 11.3 Å². The molecule has 2 aromatic carbocycles. The number of rotatable bonds is 5. The summed E-state index contributed by atoms with van der Waals surface area (Å²) in [5, 5.41) is 14.7. The summed E-state index contributed by atoms with van der Waals surface area (Å²) in [6, 6.07) is 13.7. The summed E-state index contributed by atoms with van der Waals surface area (Å²) in [6.07, 6.45) is 0. The van der Waals surface area contributed by atoms with Gasteiger partial charge in [0.25, 0.3) is 0 Å². The number of aryl methyl sites for hydroxylation is 1. The van der Waals surface area contributed by atoms with Crippen molar-refractivity contribution in [3.05, 3.63) is 71.0 Å². The van der Waals surface area contributed by atoms with Crippen LogP contribution in [0.5, 0.6) is 0 Å².